The van der Waals surface area contributed by atoms with E-state index < -0.39 is 41.7 Å². The molecule has 10 nitrogen and oxygen atoms in total. The Bertz CT molecular complexity index is 1340. The molecule has 1 atom stereocenters. The van der Waals surface area contributed by atoms with Gasteiger partial charge in [-0.3, -0.25) is 14.4 Å². The highest BCUT2D eigenvalue weighted by atomic mass is 16.7. The second-order valence-electron chi connectivity index (χ2n) is 13.6. The first-order valence-corrected chi connectivity index (χ1v) is 16.4. The van der Waals surface area contributed by atoms with Gasteiger partial charge in [0.05, 0.1) is 17.8 Å². The van der Waals surface area contributed by atoms with Gasteiger partial charge < -0.3 is 34.3 Å². The zero-order chi connectivity index (χ0) is 33.5. The van der Waals surface area contributed by atoms with Gasteiger partial charge in [-0.25, -0.2) is 0 Å². The lowest BCUT2D eigenvalue weighted by Gasteiger charge is -2.38. The summed E-state index contributed by atoms with van der Waals surface area (Å²) in [5, 5.41) is 5.84. The lowest BCUT2D eigenvalue weighted by atomic mass is 9.68. The van der Waals surface area contributed by atoms with E-state index >= 15 is 0 Å². The van der Waals surface area contributed by atoms with Crippen LogP contribution in [0.15, 0.2) is 48.5 Å². The van der Waals surface area contributed by atoms with E-state index in [0.29, 0.717) is 37.3 Å². The molecule has 0 unspecified atom stereocenters. The van der Waals surface area contributed by atoms with Crippen molar-refractivity contribution in [1.82, 2.24) is 10.2 Å². The SMILES string of the molecule is CCOC(=O)C1(C(=O)N[C@@H](CCCCN(C)C)C(=O)Nc2ccc(COc3ccccc3B3OC(C)(C)C(C)(C)O3)cc2)CCC1. The van der Waals surface area contributed by atoms with Crippen LogP contribution in [0.25, 0.3) is 0 Å². The molecule has 0 bridgehead atoms. The van der Waals surface area contributed by atoms with Crippen molar-refractivity contribution in [2.75, 3.05) is 32.6 Å². The number of hydrogen-bond donors (Lipinski definition) is 2. The van der Waals surface area contributed by atoms with E-state index in [-0.39, 0.29) is 12.5 Å². The van der Waals surface area contributed by atoms with Crippen LogP contribution in [0.1, 0.15) is 78.7 Å². The van der Waals surface area contributed by atoms with E-state index in [0.717, 1.165) is 36.8 Å². The number of nitrogens with one attached hydrogen (secondary N) is 2. The maximum Gasteiger partial charge on any atom is 0.498 e. The highest BCUT2D eigenvalue weighted by Crippen LogP contribution is 2.42. The van der Waals surface area contributed by atoms with E-state index in [9.17, 15) is 14.4 Å². The van der Waals surface area contributed by atoms with Crippen molar-refractivity contribution in [1.29, 1.82) is 0 Å². The Morgan fingerprint density at radius 2 is 1.61 bits per heavy atom. The van der Waals surface area contributed by atoms with Gasteiger partial charge >= 0.3 is 13.1 Å². The fourth-order valence-corrected chi connectivity index (χ4v) is 5.52. The molecular formula is C35H50BN3O7. The highest BCUT2D eigenvalue weighted by Gasteiger charge is 2.53. The number of esters is 1. The molecule has 2 amide bonds. The minimum Gasteiger partial charge on any atom is -0.489 e. The topological polar surface area (TPSA) is 115 Å². The van der Waals surface area contributed by atoms with Crippen LogP contribution in [0.4, 0.5) is 5.69 Å². The summed E-state index contributed by atoms with van der Waals surface area (Å²) >= 11 is 0. The third-order valence-corrected chi connectivity index (χ3v) is 9.32. The largest absolute Gasteiger partial charge is 0.498 e. The zero-order valence-corrected chi connectivity index (χ0v) is 28.4. The van der Waals surface area contributed by atoms with Crippen molar-refractivity contribution in [2.45, 2.75) is 97.0 Å². The Morgan fingerprint density at radius 3 is 2.20 bits per heavy atom. The van der Waals surface area contributed by atoms with Gasteiger partial charge in [0.15, 0.2) is 0 Å². The first-order valence-electron chi connectivity index (χ1n) is 16.4. The van der Waals surface area contributed by atoms with Crippen molar-refractivity contribution in [3.05, 3.63) is 54.1 Å². The first-order chi connectivity index (χ1) is 21.8. The Kier molecular flexibility index (Phi) is 11.6. The van der Waals surface area contributed by atoms with Gasteiger partial charge in [0.25, 0.3) is 0 Å². The third-order valence-electron chi connectivity index (χ3n) is 9.32. The standard InChI is InChI=1S/C35H50BN3O7/c1-8-43-32(42)35(21-13-22-35)31(41)38-28(15-11-12-23-39(6)7)30(40)37-26-19-17-25(18-20-26)24-44-29-16-10-9-14-27(29)36-45-33(2,3)34(4,5)46-36/h9-10,14,16-20,28H,8,11-13,15,21-24H2,1-7H3,(H,37,40)(H,38,41)/t28-/m0/s1. The monoisotopic (exact) mass is 635 g/mol. The van der Waals surface area contributed by atoms with Crippen LogP contribution in [0, 0.1) is 5.41 Å². The van der Waals surface area contributed by atoms with Gasteiger partial charge in [-0.2, -0.15) is 0 Å². The van der Waals surface area contributed by atoms with Crippen molar-refractivity contribution in [3.63, 3.8) is 0 Å². The van der Waals surface area contributed by atoms with E-state index in [2.05, 4.69) is 15.5 Å². The lowest BCUT2D eigenvalue weighted by Crippen LogP contribution is -2.56. The van der Waals surface area contributed by atoms with Crippen LogP contribution < -0.4 is 20.8 Å². The molecule has 1 heterocycles. The summed E-state index contributed by atoms with van der Waals surface area (Å²) in [6.07, 6.45) is 3.70. The Balaban J connectivity index is 1.38. The number of carbonyl (C=O) groups is 3. The summed E-state index contributed by atoms with van der Waals surface area (Å²) in [4.78, 5) is 41.6. The number of anilines is 1. The highest BCUT2D eigenvalue weighted by molar-refractivity contribution is 6.63. The number of nitrogens with zero attached hydrogens (tertiary/aromatic N) is 1. The average Bonchev–Trinajstić information content (AvgIpc) is 3.19. The predicted octanol–water partition coefficient (Wildman–Crippen LogP) is 4.45. The molecule has 2 aromatic rings. The third kappa shape index (κ3) is 8.29. The van der Waals surface area contributed by atoms with Gasteiger partial charge in [0.2, 0.25) is 11.8 Å². The minimum atomic E-state index is -1.21. The molecule has 2 aliphatic rings. The molecule has 0 aromatic heterocycles. The Hall–Kier alpha value is -3.41. The minimum absolute atomic E-state index is 0.204. The van der Waals surface area contributed by atoms with E-state index in [1.54, 1.807) is 6.92 Å². The fraction of sp³-hybridized carbons (Fsp3) is 0.571. The summed E-state index contributed by atoms with van der Waals surface area (Å²) in [5.74, 6) is -0.588. The van der Waals surface area contributed by atoms with Gasteiger partial charge in [-0.1, -0.05) is 36.8 Å². The summed E-state index contributed by atoms with van der Waals surface area (Å²) in [6.45, 7) is 11.2. The number of para-hydroxylation sites is 1. The molecule has 0 spiro atoms. The lowest BCUT2D eigenvalue weighted by molar-refractivity contribution is -0.167. The van der Waals surface area contributed by atoms with Crippen molar-refractivity contribution in [2.24, 2.45) is 5.41 Å². The summed E-state index contributed by atoms with van der Waals surface area (Å²) in [5.41, 5.74) is 0.215. The number of carbonyl (C=O) groups excluding carboxylic acids is 3. The number of hydrogen-bond acceptors (Lipinski definition) is 8. The molecule has 4 rings (SSSR count). The molecule has 46 heavy (non-hydrogen) atoms. The van der Waals surface area contributed by atoms with Crippen LogP contribution >= 0.6 is 0 Å². The summed E-state index contributed by atoms with van der Waals surface area (Å²) in [6, 6.07) is 14.3. The number of ether oxygens (including phenoxy) is 2. The molecule has 2 fully saturated rings. The second-order valence-corrected chi connectivity index (χ2v) is 13.6. The molecule has 1 saturated heterocycles. The van der Waals surface area contributed by atoms with E-state index in [1.807, 2.05) is 90.3 Å². The Morgan fingerprint density at radius 1 is 0.957 bits per heavy atom. The molecule has 2 N–H and O–H groups in total. The molecule has 2 aromatic carbocycles. The van der Waals surface area contributed by atoms with Crippen LogP contribution in [0.3, 0.4) is 0 Å². The van der Waals surface area contributed by atoms with Gasteiger partial charge in [0.1, 0.15) is 23.8 Å². The Labute approximate surface area is 274 Å². The molecule has 250 valence electrons. The molecule has 1 aliphatic heterocycles. The van der Waals surface area contributed by atoms with Gasteiger partial charge in [-0.05, 0) is 111 Å². The zero-order valence-electron chi connectivity index (χ0n) is 28.4. The molecule has 1 saturated carbocycles. The smallest absolute Gasteiger partial charge is 0.489 e. The summed E-state index contributed by atoms with van der Waals surface area (Å²) < 4.78 is 23.9. The number of rotatable bonds is 15. The molecule has 1 aliphatic carbocycles. The van der Waals surface area contributed by atoms with Gasteiger partial charge in [0, 0.05) is 11.2 Å². The molecular weight excluding hydrogens is 585 g/mol. The van der Waals surface area contributed by atoms with E-state index in [1.165, 1.54) is 0 Å². The maximum absolute atomic E-state index is 13.5. The summed E-state index contributed by atoms with van der Waals surface area (Å²) in [7, 11) is 3.46. The molecule has 0 radical (unpaired) electrons. The van der Waals surface area contributed by atoms with Crippen LogP contribution in [-0.2, 0) is 35.0 Å². The van der Waals surface area contributed by atoms with Crippen molar-refractivity contribution in [3.8, 4) is 5.75 Å². The van der Waals surface area contributed by atoms with Crippen LogP contribution in [0.5, 0.6) is 5.75 Å². The molecule has 11 heteroatoms. The van der Waals surface area contributed by atoms with Gasteiger partial charge in [-0.15, -0.1) is 0 Å². The second kappa shape index (κ2) is 15.0. The van der Waals surface area contributed by atoms with Crippen LogP contribution in [0.2, 0.25) is 0 Å². The van der Waals surface area contributed by atoms with E-state index in [4.69, 9.17) is 18.8 Å². The fourth-order valence-electron chi connectivity index (χ4n) is 5.52. The van der Waals surface area contributed by atoms with Crippen molar-refractivity contribution >= 4 is 36.1 Å². The number of amides is 2. The van der Waals surface area contributed by atoms with Crippen molar-refractivity contribution < 1.29 is 33.2 Å². The maximum atomic E-state index is 13.5. The van der Waals surface area contributed by atoms with Crippen LogP contribution in [-0.4, -0.2) is 74.3 Å². The number of benzene rings is 2. The quantitative estimate of drug-likeness (QED) is 0.128. The first kappa shape index (κ1) is 35.4. The predicted molar refractivity (Wildman–Crippen MR) is 179 cm³/mol. The average molecular weight is 636 g/mol. The normalized spacial score (nSPS) is 18.4. The number of unbranched alkanes of at least 4 members (excludes halogenated alkanes) is 1.